The number of fused-ring (bicyclic) bond motifs is 3. The average molecular weight is 284 g/mol. The van der Waals surface area contributed by atoms with Gasteiger partial charge in [-0.15, -0.1) is 0 Å². The van der Waals surface area contributed by atoms with Crippen LogP contribution in [0.5, 0.6) is 0 Å². The van der Waals surface area contributed by atoms with Crippen molar-refractivity contribution in [2.24, 2.45) is 0 Å². The molecular weight excluding hydrogens is 264 g/mol. The minimum atomic E-state index is 0.0726. The van der Waals surface area contributed by atoms with E-state index < -0.39 is 0 Å². The van der Waals surface area contributed by atoms with Gasteiger partial charge in [0, 0.05) is 5.41 Å². The molecule has 0 amide bonds. The highest BCUT2D eigenvalue weighted by molar-refractivity contribution is 5.92. The van der Waals surface area contributed by atoms with Crippen molar-refractivity contribution in [3.8, 4) is 22.3 Å². The first-order chi connectivity index (χ1) is 10.6. The van der Waals surface area contributed by atoms with Gasteiger partial charge in [0.25, 0.3) is 0 Å². The molecule has 0 radical (unpaired) electrons. The molecule has 0 atom stereocenters. The molecule has 0 saturated heterocycles. The molecule has 22 heavy (non-hydrogen) atoms. The molecule has 0 saturated carbocycles. The molecule has 1 aliphatic carbocycles. The maximum absolute atomic E-state index is 2.34. The van der Waals surface area contributed by atoms with E-state index in [-0.39, 0.29) is 5.41 Å². The second kappa shape index (κ2) is 4.58. The van der Waals surface area contributed by atoms with E-state index >= 15 is 0 Å². The fraction of sp³-hybridized carbons (Fsp3) is 0.182. The summed E-state index contributed by atoms with van der Waals surface area (Å²) in [5.74, 6) is 0. The molecule has 0 aromatic heterocycles. The Morgan fingerprint density at radius 3 is 2.23 bits per heavy atom. The molecule has 0 spiro atoms. The lowest BCUT2D eigenvalue weighted by molar-refractivity contribution is 0.660. The third kappa shape index (κ3) is 1.77. The van der Waals surface area contributed by atoms with Gasteiger partial charge < -0.3 is 0 Å². The Hall–Kier alpha value is -2.34. The van der Waals surface area contributed by atoms with E-state index in [9.17, 15) is 0 Å². The van der Waals surface area contributed by atoms with Crippen molar-refractivity contribution >= 4 is 0 Å². The standard InChI is InChI=1S/C22H20/c1-15-12-13-19-18(14-15)21-17(16-8-5-4-6-9-16)10-7-11-20(21)22(19,2)3/h4-14H,1-3H3. The van der Waals surface area contributed by atoms with Crippen LogP contribution in [0.1, 0.15) is 30.5 Å². The van der Waals surface area contributed by atoms with Crippen molar-refractivity contribution in [3.63, 3.8) is 0 Å². The normalized spacial score (nSPS) is 14.5. The first-order valence-electron chi connectivity index (χ1n) is 7.89. The molecule has 0 heteroatoms. The molecule has 108 valence electrons. The van der Waals surface area contributed by atoms with Crippen molar-refractivity contribution < 1.29 is 0 Å². The Morgan fingerprint density at radius 1 is 0.682 bits per heavy atom. The van der Waals surface area contributed by atoms with E-state index in [0.717, 1.165) is 0 Å². The summed E-state index contributed by atoms with van der Waals surface area (Å²) in [7, 11) is 0. The van der Waals surface area contributed by atoms with Crippen LogP contribution in [0.2, 0.25) is 0 Å². The maximum Gasteiger partial charge on any atom is 0.0159 e. The molecule has 0 fully saturated rings. The highest BCUT2D eigenvalue weighted by Crippen LogP contribution is 2.52. The van der Waals surface area contributed by atoms with Gasteiger partial charge in [0.15, 0.2) is 0 Å². The summed E-state index contributed by atoms with van der Waals surface area (Å²) in [5, 5.41) is 0. The average Bonchev–Trinajstić information content (AvgIpc) is 2.76. The van der Waals surface area contributed by atoms with Crippen molar-refractivity contribution in [2.45, 2.75) is 26.2 Å². The van der Waals surface area contributed by atoms with Crippen LogP contribution >= 0.6 is 0 Å². The zero-order chi connectivity index (χ0) is 15.3. The second-order valence-corrected chi connectivity index (χ2v) is 6.77. The minimum Gasteiger partial charge on any atom is -0.0622 e. The molecule has 3 aromatic carbocycles. The van der Waals surface area contributed by atoms with Crippen molar-refractivity contribution in [2.75, 3.05) is 0 Å². The van der Waals surface area contributed by atoms with E-state index in [1.54, 1.807) is 0 Å². The second-order valence-electron chi connectivity index (χ2n) is 6.77. The Balaban J connectivity index is 2.09. The minimum absolute atomic E-state index is 0.0726. The summed E-state index contributed by atoms with van der Waals surface area (Å²) < 4.78 is 0. The Kier molecular flexibility index (Phi) is 2.77. The lowest BCUT2D eigenvalue weighted by Gasteiger charge is -2.21. The van der Waals surface area contributed by atoms with Gasteiger partial charge in [-0.3, -0.25) is 0 Å². The number of hydrogen-bond acceptors (Lipinski definition) is 0. The zero-order valence-corrected chi connectivity index (χ0v) is 13.4. The van der Waals surface area contributed by atoms with Crippen LogP contribution in [0, 0.1) is 6.92 Å². The summed E-state index contributed by atoms with van der Waals surface area (Å²) in [6.07, 6.45) is 0. The summed E-state index contributed by atoms with van der Waals surface area (Å²) in [6, 6.07) is 24.3. The third-order valence-electron chi connectivity index (χ3n) is 4.94. The summed E-state index contributed by atoms with van der Waals surface area (Å²) in [5.41, 5.74) is 9.73. The molecule has 4 rings (SSSR count). The third-order valence-corrected chi connectivity index (χ3v) is 4.94. The molecule has 0 aliphatic heterocycles. The van der Waals surface area contributed by atoms with Gasteiger partial charge >= 0.3 is 0 Å². The van der Waals surface area contributed by atoms with Gasteiger partial charge in [-0.25, -0.2) is 0 Å². The van der Waals surface area contributed by atoms with E-state index in [0.29, 0.717) is 0 Å². The van der Waals surface area contributed by atoms with Crippen molar-refractivity contribution in [1.29, 1.82) is 0 Å². The van der Waals surface area contributed by atoms with Gasteiger partial charge in [-0.05, 0) is 40.3 Å². The number of aryl methyl sites for hydroxylation is 1. The van der Waals surface area contributed by atoms with Crippen LogP contribution in [0.25, 0.3) is 22.3 Å². The van der Waals surface area contributed by atoms with Crippen molar-refractivity contribution in [1.82, 2.24) is 0 Å². The van der Waals surface area contributed by atoms with Gasteiger partial charge in [-0.1, -0.05) is 86.1 Å². The van der Waals surface area contributed by atoms with Gasteiger partial charge in [0.05, 0.1) is 0 Å². The van der Waals surface area contributed by atoms with Crippen molar-refractivity contribution in [3.05, 3.63) is 83.4 Å². The summed E-state index contributed by atoms with van der Waals surface area (Å²) >= 11 is 0. The molecule has 0 bridgehead atoms. The Labute approximate surface area is 132 Å². The summed E-state index contributed by atoms with van der Waals surface area (Å²) in [4.78, 5) is 0. The molecule has 0 nitrogen and oxygen atoms in total. The van der Waals surface area contributed by atoms with Crippen LogP contribution in [-0.2, 0) is 5.41 Å². The zero-order valence-electron chi connectivity index (χ0n) is 13.4. The predicted octanol–water partition coefficient (Wildman–Crippen LogP) is 5.97. The lowest BCUT2D eigenvalue weighted by Crippen LogP contribution is -2.14. The highest BCUT2D eigenvalue weighted by Gasteiger charge is 2.36. The monoisotopic (exact) mass is 284 g/mol. The van der Waals surface area contributed by atoms with E-state index in [4.69, 9.17) is 0 Å². The van der Waals surface area contributed by atoms with Gasteiger partial charge in [0.2, 0.25) is 0 Å². The van der Waals surface area contributed by atoms with Crippen LogP contribution < -0.4 is 0 Å². The first-order valence-corrected chi connectivity index (χ1v) is 7.89. The Bertz CT molecular complexity index is 854. The van der Waals surface area contributed by atoms with Gasteiger partial charge in [0.1, 0.15) is 0 Å². The molecule has 0 unspecified atom stereocenters. The molecular formula is C22H20. The molecule has 1 aliphatic rings. The number of rotatable bonds is 1. The fourth-order valence-corrected chi connectivity index (χ4v) is 3.78. The smallest absolute Gasteiger partial charge is 0.0159 e. The Morgan fingerprint density at radius 2 is 1.45 bits per heavy atom. The molecule has 3 aromatic rings. The summed E-state index contributed by atoms with van der Waals surface area (Å²) in [6.45, 7) is 6.85. The molecule has 0 heterocycles. The topological polar surface area (TPSA) is 0 Å². The SMILES string of the molecule is Cc1ccc2c(c1)-c1c(-c3ccccc3)cccc1C2(C)C. The largest absolute Gasteiger partial charge is 0.0622 e. The van der Waals surface area contributed by atoms with E-state index in [1.807, 2.05) is 0 Å². The van der Waals surface area contributed by atoms with Gasteiger partial charge in [-0.2, -0.15) is 0 Å². The molecule has 0 N–H and O–H groups in total. The van der Waals surface area contributed by atoms with E-state index in [2.05, 4.69) is 87.5 Å². The fourth-order valence-electron chi connectivity index (χ4n) is 3.78. The first kappa shape index (κ1) is 13.3. The van der Waals surface area contributed by atoms with Crippen LogP contribution in [0.3, 0.4) is 0 Å². The maximum atomic E-state index is 2.34. The van der Waals surface area contributed by atoms with Crippen LogP contribution in [0.15, 0.2) is 66.7 Å². The highest BCUT2D eigenvalue weighted by atomic mass is 14.4. The number of benzene rings is 3. The van der Waals surface area contributed by atoms with Crippen LogP contribution in [0.4, 0.5) is 0 Å². The quantitative estimate of drug-likeness (QED) is 0.516. The predicted molar refractivity (Wildman–Crippen MR) is 94.2 cm³/mol. The lowest BCUT2D eigenvalue weighted by atomic mass is 9.82. The van der Waals surface area contributed by atoms with Crippen LogP contribution in [-0.4, -0.2) is 0 Å². The van der Waals surface area contributed by atoms with E-state index in [1.165, 1.54) is 38.9 Å². The number of hydrogen-bond donors (Lipinski definition) is 0.